The number of alkyl halides is 2. The van der Waals surface area contributed by atoms with Gasteiger partial charge >= 0.3 is 0 Å². The van der Waals surface area contributed by atoms with Crippen LogP contribution in [0.1, 0.15) is 18.6 Å². The zero-order valence-corrected chi connectivity index (χ0v) is 13.6. The van der Waals surface area contributed by atoms with Crippen molar-refractivity contribution in [2.75, 3.05) is 5.75 Å². The maximum atomic E-state index is 11.8. The average molecular weight is 407 g/mol. The molecule has 0 aliphatic rings. The maximum absolute atomic E-state index is 11.8. The summed E-state index contributed by atoms with van der Waals surface area (Å²) in [5.74, 6) is -0.0961. The maximum Gasteiger partial charge on any atom is 0.210 e. The van der Waals surface area contributed by atoms with Crippen LogP contribution in [0.15, 0.2) is 24.3 Å². The van der Waals surface area contributed by atoms with E-state index in [0.717, 1.165) is 0 Å². The van der Waals surface area contributed by atoms with Crippen LogP contribution < -0.4 is 0 Å². The molecule has 0 heterocycles. The Kier molecular flexibility index (Phi) is 5.06. The minimum Gasteiger partial charge on any atom is -0.385 e. The van der Waals surface area contributed by atoms with Gasteiger partial charge in [-0.15, -0.1) is 0 Å². The molecule has 0 amide bonds. The Balaban J connectivity index is 3.17. The standard InChI is InChI=1S/C10H11Br2ClO3S/c1-2-17(15,16)10(11,12)9(14)7-4-3-5-8(13)6-7/h3-6,9,14H,2H2,1H3/t9-/m0/s1. The van der Waals surface area contributed by atoms with Crippen molar-refractivity contribution < 1.29 is 13.5 Å². The summed E-state index contributed by atoms with van der Waals surface area (Å²) in [7, 11) is -3.52. The topological polar surface area (TPSA) is 54.4 Å². The molecule has 0 saturated carbocycles. The fourth-order valence-corrected chi connectivity index (χ4v) is 4.20. The van der Waals surface area contributed by atoms with Crippen molar-refractivity contribution in [3.63, 3.8) is 0 Å². The summed E-state index contributed by atoms with van der Waals surface area (Å²) in [5.41, 5.74) is 0.420. The molecule has 96 valence electrons. The highest BCUT2D eigenvalue weighted by molar-refractivity contribution is 9.28. The normalized spacial score (nSPS) is 14.6. The van der Waals surface area contributed by atoms with Gasteiger partial charge in [0, 0.05) is 10.8 Å². The Morgan fingerprint density at radius 3 is 2.53 bits per heavy atom. The second-order valence-corrected chi connectivity index (χ2v) is 10.9. The van der Waals surface area contributed by atoms with Crippen LogP contribution in [0, 0.1) is 0 Å². The van der Waals surface area contributed by atoms with E-state index in [1.54, 1.807) is 18.2 Å². The van der Waals surface area contributed by atoms with Crippen LogP contribution >= 0.6 is 43.5 Å². The molecule has 0 spiro atoms. The first-order valence-corrected chi connectivity index (χ1v) is 8.37. The largest absolute Gasteiger partial charge is 0.385 e. The van der Waals surface area contributed by atoms with Gasteiger partial charge in [0.15, 0.2) is 9.84 Å². The van der Waals surface area contributed by atoms with Crippen LogP contribution in [-0.4, -0.2) is 21.8 Å². The lowest BCUT2D eigenvalue weighted by atomic mass is 10.1. The highest BCUT2D eigenvalue weighted by Crippen LogP contribution is 2.44. The molecule has 1 aromatic carbocycles. The monoisotopic (exact) mass is 404 g/mol. The van der Waals surface area contributed by atoms with E-state index in [0.29, 0.717) is 10.6 Å². The zero-order valence-electron chi connectivity index (χ0n) is 8.90. The van der Waals surface area contributed by atoms with E-state index < -0.39 is 18.5 Å². The number of aliphatic hydroxyl groups excluding tert-OH is 1. The van der Waals surface area contributed by atoms with Gasteiger partial charge in [-0.2, -0.15) is 0 Å². The van der Waals surface area contributed by atoms with Crippen molar-refractivity contribution in [3.05, 3.63) is 34.9 Å². The van der Waals surface area contributed by atoms with Crippen molar-refractivity contribution in [2.45, 2.75) is 15.6 Å². The first-order valence-electron chi connectivity index (χ1n) is 4.76. The summed E-state index contributed by atoms with van der Waals surface area (Å²) in [6.07, 6.45) is -1.26. The quantitative estimate of drug-likeness (QED) is 0.781. The number of aliphatic hydroxyl groups is 1. The van der Waals surface area contributed by atoms with Crippen molar-refractivity contribution in [2.24, 2.45) is 0 Å². The number of hydrogen-bond donors (Lipinski definition) is 1. The van der Waals surface area contributed by atoms with Crippen molar-refractivity contribution in [1.82, 2.24) is 0 Å². The van der Waals surface area contributed by atoms with Gasteiger partial charge < -0.3 is 5.11 Å². The van der Waals surface area contributed by atoms with Crippen LogP contribution in [0.5, 0.6) is 0 Å². The highest BCUT2D eigenvalue weighted by Gasteiger charge is 2.45. The Morgan fingerprint density at radius 1 is 1.47 bits per heavy atom. The second-order valence-electron chi connectivity index (χ2n) is 3.42. The summed E-state index contributed by atoms with van der Waals surface area (Å²) in [6.45, 7) is 1.51. The van der Waals surface area contributed by atoms with Crippen LogP contribution in [0.2, 0.25) is 5.02 Å². The highest BCUT2D eigenvalue weighted by atomic mass is 79.9. The van der Waals surface area contributed by atoms with Crippen molar-refractivity contribution >= 4 is 53.3 Å². The smallest absolute Gasteiger partial charge is 0.210 e. The van der Waals surface area contributed by atoms with E-state index in [2.05, 4.69) is 31.9 Å². The first kappa shape index (κ1) is 15.4. The minimum absolute atomic E-state index is 0.0961. The molecule has 1 rings (SSSR count). The second kappa shape index (κ2) is 5.57. The molecule has 1 aromatic rings. The Labute approximate surface area is 122 Å². The predicted octanol–water partition coefficient (Wildman–Crippen LogP) is 3.25. The van der Waals surface area contributed by atoms with Gasteiger partial charge in [-0.3, -0.25) is 0 Å². The van der Waals surface area contributed by atoms with Gasteiger partial charge in [-0.05, 0) is 17.7 Å². The number of hydrogen-bond acceptors (Lipinski definition) is 3. The number of rotatable bonds is 4. The summed E-state index contributed by atoms with van der Waals surface area (Å²) in [4.78, 5) is 0. The minimum atomic E-state index is -3.52. The van der Waals surface area contributed by atoms with Gasteiger partial charge in [-0.25, -0.2) is 8.42 Å². The van der Waals surface area contributed by atoms with E-state index in [1.807, 2.05) is 0 Å². The molecule has 7 heteroatoms. The van der Waals surface area contributed by atoms with Gasteiger partial charge in [0.2, 0.25) is 2.57 Å². The van der Waals surface area contributed by atoms with Crippen molar-refractivity contribution in [1.29, 1.82) is 0 Å². The van der Waals surface area contributed by atoms with E-state index in [1.165, 1.54) is 13.0 Å². The molecular weight excluding hydrogens is 395 g/mol. The van der Waals surface area contributed by atoms with Crippen LogP contribution in [0.25, 0.3) is 0 Å². The fraction of sp³-hybridized carbons (Fsp3) is 0.400. The third-order valence-corrected chi connectivity index (χ3v) is 8.15. The van der Waals surface area contributed by atoms with Crippen molar-refractivity contribution in [3.8, 4) is 0 Å². The molecular formula is C10H11Br2ClO3S. The van der Waals surface area contributed by atoms with Crippen LogP contribution in [0.3, 0.4) is 0 Å². The summed E-state index contributed by atoms with van der Waals surface area (Å²) >= 11 is 11.8. The Bertz CT molecular complexity index is 502. The molecule has 0 aliphatic heterocycles. The van der Waals surface area contributed by atoms with Crippen LogP contribution in [0.4, 0.5) is 0 Å². The molecule has 0 unspecified atom stereocenters. The van der Waals surface area contributed by atoms with Gasteiger partial charge in [0.25, 0.3) is 0 Å². The molecule has 3 nitrogen and oxygen atoms in total. The summed E-state index contributed by atoms with van der Waals surface area (Å²) in [6, 6.07) is 6.43. The third kappa shape index (κ3) is 3.23. The molecule has 0 fully saturated rings. The molecule has 0 aromatic heterocycles. The van der Waals surface area contributed by atoms with E-state index in [-0.39, 0.29) is 5.75 Å². The molecule has 1 atom stereocenters. The number of sulfone groups is 1. The number of benzene rings is 1. The molecule has 0 aliphatic carbocycles. The molecule has 1 N–H and O–H groups in total. The lowest BCUT2D eigenvalue weighted by Crippen LogP contribution is -2.33. The predicted molar refractivity (Wildman–Crippen MR) is 76.5 cm³/mol. The molecule has 0 saturated heterocycles. The Morgan fingerprint density at radius 2 is 2.06 bits per heavy atom. The van der Waals surface area contributed by atoms with Gasteiger partial charge in [-0.1, -0.05) is 62.5 Å². The lowest BCUT2D eigenvalue weighted by molar-refractivity contribution is 0.189. The third-order valence-electron chi connectivity index (χ3n) is 2.28. The fourth-order valence-electron chi connectivity index (χ4n) is 1.23. The first-order chi connectivity index (χ1) is 7.72. The average Bonchev–Trinajstić information content (AvgIpc) is 2.27. The molecule has 0 radical (unpaired) electrons. The summed E-state index contributed by atoms with van der Waals surface area (Å²) in [5, 5.41) is 10.5. The zero-order chi connectivity index (χ0) is 13.3. The SMILES string of the molecule is CCS(=O)(=O)C(Br)(Br)[C@@H](O)c1cccc(Cl)c1. The number of halogens is 3. The van der Waals surface area contributed by atoms with E-state index in [9.17, 15) is 13.5 Å². The Hall–Kier alpha value is 0.380. The molecule has 0 bridgehead atoms. The van der Waals surface area contributed by atoms with E-state index in [4.69, 9.17) is 11.6 Å². The summed E-state index contributed by atoms with van der Waals surface area (Å²) < 4.78 is 22.1. The van der Waals surface area contributed by atoms with Gasteiger partial charge in [0.05, 0.1) is 0 Å². The van der Waals surface area contributed by atoms with Gasteiger partial charge in [0.1, 0.15) is 6.10 Å². The van der Waals surface area contributed by atoms with E-state index >= 15 is 0 Å². The van der Waals surface area contributed by atoms with Crippen LogP contribution in [-0.2, 0) is 9.84 Å². The molecule has 17 heavy (non-hydrogen) atoms. The lowest BCUT2D eigenvalue weighted by Gasteiger charge is -2.26.